The molecular formula is C21H27FN3O+. The van der Waals surface area contributed by atoms with E-state index in [-0.39, 0.29) is 11.7 Å². The summed E-state index contributed by atoms with van der Waals surface area (Å²) in [4.78, 5) is 16.0. The number of rotatable bonds is 5. The number of hydrogen-bond donors (Lipinski definition) is 2. The van der Waals surface area contributed by atoms with E-state index in [1.807, 2.05) is 30.3 Å². The maximum absolute atomic E-state index is 13.0. The monoisotopic (exact) mass is 356 g/mol. The van der Waals surface area contributed by atoms with Crippen molar-refractivity contribution in [1.82, 2.24) is 0 Å². The predicted octanol–water partition coefficient (Wildman–Crippen LogP) is 2.29. The topological polar surface area (TPSA) is 36.8 Å². The zero-order valence-corrected chi connectivity index (χ0v) is 15.5. The molecule has 138 valence electrons. The van der Waals surface area contributed by atoms with E-state index in [4.69, 9.17) is 0 Å². The van der Waals surface area contributed by atoms with E-state index in [1.165, 1.54) is 17.0 Å². The molecule has 0 radical (unpaired) electrons. The van der Waals surface area contributed by atoms with Crippen molar-refractivity contribution in [3.63, 3.8) is 0 Å². The van der Waals surface area contributed by atoms with E-state index in [1.54, 1.807) is 0 Å². The number of hydrogen-bond acceptors (Lipinski definition) is 2. The lowest BCUT2D eigenvalue weighted by molar-refractivity contribution is -0.892. The quantitative estimate of drug-likeness (QED) is 0.863. The maximum atomic E-state index is 13.0. The Bertz CT molecular complexity index is 737. The second kappa shape index (κ2) is 8.32. The lowest BCUT2D eigenvalue weighted by Crippen LogP contribution is -3.15. The minimum Gasteiger partial charge on any atom is -0.360 e. The zero-order chi connectivity index (χ0) is 18.5. The van der Waals surface area contributed by atoms with Crippen LogP contribution in [0.2, 0.25) is 0 Å². The van der Waals surface area contributed by atoms with Gasteiger partial charge in [-0.05, 0) is 41.8 Å². The number of halogens is 1. The Balaban J connectivity index is 1.51. The summed E-state index contributed by atoms with van der Waals surface area (Å²) in [6.07, 6.45) is 0. The van der Waals surface area contributed by atoms with Crippen molar-refractivity contribution in [1.29, 1.82) is 0 Å². The second-order valence-electron chi connectivity index (χ2n) is 7.18. The highest BCUT2D eigenvalue weighted by atomic mass is 19.1. The lowest BCUT2D eigenvalue weighted by atomic mass is 10.0. The molecule has 1 amide bonds. The van der Waals surface area contributed by atoms with Crippen LogP contribution < -0.4 is 15.1 Å². The molecule has 4 nitrogen and oxygen atoms in total. The van der Waals surface area contributed by atoms with Crippen molar-refractivity contribution in [2.45, 2.75) is 19.8 Å². The van der Waals surface area contributed by atoms with Crippen LogP contribution in [-0.2, 0) is 4.79 Å². The van der Waals surface area contributed by atoms with Crippen molar-refractivity contribution in [2.75, 3.05) is 42.9 Å². The van der Waals surface area contributed by atoms with E-state index >= 15 is 0 Å². The minimum atomic E-state index is -0.212. The summed E-state index contributed by atoms with van der Waals surface area (Å²) in [7, 11) is 0. The van der Waals surface area contributed by atoms with Gasteiger partial charge >= 0.3 is 0 Å². The molecule has 0 aromatic heterocycles. The highest BCUT2D eigenvalue weighted by Crippen LogP contribution is 2.23. The molecule has 0 saturated carbocycles. The van der Waals surface area contributed by atoms with Crippen molar-refractivity contribution in [2.24, 2.45) is 0 Å². The predicted molar refractivity (Wildman–Crippen MR) is 103 cm³/mol. The first-order chi connectivity index (χ1) is 12.5. The average molecular weight is 356 g/mol. The van der Waals surface area contributed by atoms with Crippen LogP contribution in [0.25, 0.3) is 0 Å². The highest BCUT2D eigenvalue weighted by Gasteiger charge is 2.22. The van der Waals surface area contributed by atoms with Gasteiger partial charge in [0.25, 0.3) is 5.91 Å². The van der Waals surface area contributed by atoms with Crippen molar-refractivity contribution >= 4 is 17.3 Å². The molecular weight excluding hydrogens is 329 g/mol. The summed E-state index contributed by atoms with van der Waals surface area (Å²) < 4.78 is 13.0. The molecule has 1 aliphatic rings. The van der Waals surface area contributed by atoms with Gasteiger partial charge in [-0.3, -0.25) is 4.79 Å². The van der Waals surface area contributed by atoms with Crippen LogP contribution in [0.1, 0.15) is 25.3 Å². The number of amides is 1. The van der Waals surface area contributed by atoms with E-state index < -0.39 is 0 Å². The van der Waals surface area contributed by atoms with Gasteiger partial charge in [0.1, 0.15) is 5.82 Å². The van der Waals surface area contributed by atoms with Gasteiger partial charge in [-0.15, -0.1) is 0 Å². The van der Waals surface area contributed by atoms with Crippen LogP contribution in [0.15, 0.2) is 48.5 Å². The number of anilines is 2. The van der Waals surface area contributed by atoms with Crippen LogP contribution in [0.4, 0.5) is 15.8 Å². The molecule has 0 bridgehead atoms. The summed E-state index contributed by atoms with van der Waals surface area (Å²) in [6, 6.07) is 14.6. The average Bonchev–Trinajstić information content (AvgIpc) is 2.63. The molecule has 26 heavy (non-hydrogen) atoms. The molecule has 0 unspecified atom stereocenters. The molecule has 0 aliphatic carbocycles. The van der Waals surface area contributed by atoms with Gasteiger partial charge in [0.05, 0.1) is 26.2 Å². The molecule has 3 rings (SSSR count). The Morgan fingerprint density at radius 3 is 2.42 bits per heavy atom. The number of nitrogens with one attached hydrogen (secondary N) is 2. The standard InChI is InChI=1S/C21H26FN3O/c1-16(2)19-5-3-4-6-20(19)23-21(26)15-24-11-13-25(14-12-24)18-9-7-17(22)8-10-18/h3-10,16H,11-15H2,1-2H3,(H,23,26)/p+1. The van der Waals surface area contributed by atoms with E-state index in [2.05, 4.69) is 30.1 Å². The Morgan fingerprint density at radius 2 is 1.77 bits per heavy atom. The number of para-hydroxylation sites is 1. The minimum absolute atomic E-state index is 0.0586. The number of piperazine rings is 1. The SMILES string of the molecule is CC(C)c1ccccc1NC(=O)C[NH+]1CCN(c2ccc(F)cc2)CC1. The summed E-state index contributed by atoms with van der Waals surface area (Å²) in [5.41, 5.74) is 3.12. The fourth-order valence-corrected chi connectivity index (χ4v) is 3.45. The van der Waals surface area contributed by atoms with Gasteiger partial charge in [-0.2, -0.15) is 0 Å². The molecule has 1 fully saturated rings. The van der Waals surface area contributed by atoms with Crippen molar-refractivity contribution < 1.29 is 14.1 Å². The number of quaternary nitrogens is 1. The van der Waals surface area contributed by atoms with Gasteiger partial charge in [0.15, 0.2) is 6.54 Å². The normalized spacial score (nSPS) is 15.3. The lowest BCUT2D eigenvalue weighted by Gasteiger charge is -2.33. The fraction of sp³-hybridized carbons (Fsp3) is 0.381. The van der Waals surface area contributed by atoms with Crippen molar-refractivity contribution in [3.8, 4) is 0 Å². The zero-order valence-electron chi connectivity index (χ0n) is 15.5. The third-order valence-electron chi connectivity index (χ3n) is 4.93. The maximum Gasteiger partial charge on any atom is 0.279 e. The van der Waals surface area contributed by atoms with E-state index in [0.717, 1.165) is 43.1 Å². The molecule has 0 atom stereocenters. The van der Waals surface area contributed by atoms with Gasteiger partial charge in [0.2, 0.25) is 0 Å². The molecule has 1 saturated heterocycles. The largest absolute Gasteiger partial charge is 0.360 e. The number of carbonyl (C=O) groups excluding carboxylic acids is 1. The van der Waals surface area contributed by atoms with Crippen LogP contribution in [0.3, 0.4) is 0 Å². The van der Waals surface area contributed by atoms with Gasteiger partial charge in [0, 0.05) is 11.4 Å². The molecule has 5 heteroatoms. The molecule has 1 heterocycles. The molecule has 2 N–H and O–H groups in total. The van der Waals surface area contributed by atoms with E-state index in [9.17, 15) is 9.18 Å². The Labute approximate surface area is 154 Å². The summed E-state index contributed by atoms with van der Waals surface area (Å²) in [6.45, 7) is 8.28. The van der Waals surface area contributed by atoms with Crippen molar-refractivity contribution in [3.05, 3.63) is 59.9 Å². The summed E-state index contributed by atoms with van der Waals surface area (Å²) in [5, 5.41) is 3.07. The Hall–Kier alpha value is -2.40. The third kappa shape index (κ3) is 4.61. The number of carbonyl (C=O) groups is 1. The second-order valence-corrected chi connectivity index (χ2v) is 7.18. The fourth-order valence-electron chi connectivity index (χ4n) is 3.45. The first-order valence-electron chi connectivity index (χ1n) is 9.26. The smallest absolute Gasteiger partial charge is 0.279 e. The number of nitrogens with zero attached hydrogens (tertiary/aromatic N) is 1. The van der Waals surface area contributed by atoms with Crippen LogP contribution in [0.5, 0.6) is 0 Å². The van der Waals surface area contributed by atoms with Gasteiger partial charge in [-0.25, -0.2) is 4.39 Å². The third-order valence-corrected chi connectivity index (χ3v) is 4.93. The van der Waals surface area contributed by atoms with Crippen LogP contribution in [-0.4, -0.2) is 38.6 Å². The number of benzene rings is 2. The first kappa shape index (κ1) is 18.4. The first-order valence-corrected chi connectivity index (χ1v) is 9.26. The van der Waals surface area contributed by atoms with Gasteiger partial charge in [-0.1, -0.05) is 32.0 Å². The molecule has 0 spiro atoms. The molecule has 1 aliphatic heterocycles. The van der Waals surface area contributed by atoms with Crippen LogP contribution in [0, 0.1) is 5.82 Å². The van der Waals surface area contributed by atoms with Gasteiger partial charge < -0.3 is 15.1 Å². The highest BCUT2D eigenvalue weighted by molar-refractivity contribution is 5.92. The molecule has 2 aromatic carbocycles. The Morgan fingerprint density at radius 1 is 1.12 bits per heavy atom. The summed E-state index contributed by atoms with van der Waals surface area (Å²) >= 11 is 0. The van der Waals surface area contributed by atoms with E-state index in [0.29, 0.717) is 12.5 Å². The molecule has 2 aromatic rings. The summed E-state index contributed by atoms with van der Waals surface area (Å²) in [5.74, 6) is 0.220. The van der Waals surface area contributed by atoms with Crippen LogP contribution >= 0.6 is 0 Å². The Kier molecular flexibility index (Phi) is 5.89.